The van der Waals surface area contributed by atoms with Gasteiger partial charge in [0.1, 0.15) is 5.82 Å². The van der Waals surface area contributed by atoms with Crippen LogP contribution in [0.3, 0.4) is 0 Å². The molecule has 0 aliphatic carbocycles. The number of nitrogens with one attached hydrogen (secondary N) is 2. The van der Waals surface area contributed by atoms with Crippen LogP contribution in [0.2, 0.25) is 0 Å². The van der Waals surface area contributed by atoms with Crippen LogP contribution < -0.4 is 10.0 Å². The van der Waals surface area contributed by atoms with Crippen LogP contribution in [-0.2, 0) is 10.0 Å². The predicted molar refractivity (Wildman–Crippen MR) is 63.9 cm³/mol. The molecule has 0 bridgehead atoms. The molecule has 0 aliphatic heterocycles. The molecule has 1 aromatic heterocycles. The minimum absolute atomic E-state index is 0.239. The Morgan fingerprint density at radius 3 is 2.75 bits per heavy atom. The number of aromatic nitrogens is 1. The second-order valence-corrected chi connectivity index (χ2v) is 5.07. The Labute approximate surface area is 96.3 Å². The maximum atomic E-state index is 11.7. The zero-order valence-electron chi connectivity index (χ0n) is 9.53. The van der Waals surface area contributed by atoms with E-state index in [4.69, 9.17) is 0 Å². The fourth-order valence-electron chi connectivity index (χ4n) is 1.20. The largest absolute Gasteiger partial charge is 0.370 e. The number of hydrogen-bond donors (Lipinski definition) is 2. The summed E-state index contributed by atoms with van der Waals surface area (Å²) in [7, 11) is -3.39. The average Bonchev–Trinajstić information content (AvgIpc) is 2.27. The molecular weight excluding hydrogens is 226 g/mol. The van der Waals surface area contributed by atoms with Gasteiger partial charge in [0.05, 0.1) is 4.90 Å². The molecular formula is C10H17N3O2S. The van der Waals surface area contributed by atoms with E-state index in [9.17, 15) is 8.42 Å². The summed E-state index contributed by atoms with van der Waals surface area (Å²) in [6.07, 6.45) is 2.45. The molecule has 0 atom stereocenters. The van der Waals surface area contributed by atoms with Gasteiger partial charge in [0.15, 0.2) is 0 Å². The Hall–Kier alpha value is -1.14. The molecule has 5 nitrogen and oxygen atoms in total. The van der Waals surface area contributed by atoms with E-state index >= 15 is 0 Å². The van der Waals surface area contributed by atoms with Gasteiger partial charge in [-0.25, -0.2) is 18.1 Å². The van der Waals surface area contributed by atoms with Crippen LogP contribution in [0.15, 0.2) is 23.2 Å². The predicted octanol–water partition coefficient (Wildman–Crippen LogP) is 1.20. The lowest BCUT2D eigenvalue weighted by Crippen LogP contribution is -2.23. The second kappa shape index (κ2) is 5.81. The highest BCUT2D eigenvalue weighted by atomic mass is 32.2. The Bertz CT molecular complexity index is 431. The summed E-state index contributed by atoms with van der Waals surface area (Å²) < 4.78 is 25.8. The number of sulfonamides is 1. The van der Waals surface area contributed by atoms with Crippen molar-refractivity contribution >= 4 is 15.8 Å². The third-order valence-electron chi connectivity index (χ3n) is 1.93. The van der Waals surface area contributed by atoms with E-state index in [1.165, 1.54) is 18.3 Å². The molecule has 0 spiro atoms. The van der Waals surface area contributed by atoms with Gasteiger partial charge in [-0.2, -0.15) is 0 Å². The van der Waals surface area contributed by atoms with Crippen molar-refractivity contribution in [2.75, 3.05) is 18.4 Å². The normalized spacial score (nSPS) is 11.4. The highest BCUT2D eigenvalue weighted by Crippen LogP contribution is 2.12. The van der Waals surface area contributed by atoms with Crippen LogP contribution in [0.1, 0.15) is 20.3 Å². The van der Waals surface area contributed by atoms with Gasteiger partial charge in [0.2, 0.25) is 10.0 Å². The minimum atomic E-state index is -3.39. The Balaban J connectivity index is 2.89. The van der Waals surface area contributed by atoms with E-state index in [0.29, 0.717) is 12.4 Å². The lowest BCUT2D eigenvalue weighted by atomic mass is 10.4. The smallest absolute Gasteiger partial charge is 0.240 e. The monoisotopic (exact) mass is 243 g/mol. The van der Waals surface area contributed by atoms with Crippen molar-refractivity contribution in [3.05, 3.63) is 18.3 Å². The SMILES string of the molecule is CCCNc1cc(S(=O)(=O)NCC)ccn1. The molecule has 16 heavy (non-hydrogen) atoms. The van der Waals surface area contributed by atoms with Gasteiger partial charge in [-0.1, -0.05) is 13.8 Å². The van der Waals surface area contributed by atoms with Crippen molar-refractivity contribution in [1.29, 1.82) is 0 Å². The molecule has 0 saturated heterocycles. The molecule has 90 valence electrons. The van der Waals surface area contributed by atoms with E-state index in [0.717, 1.165) is 13.0 Å². The zero-order valence-corrected chi connectivity index (χ0v) is 10.3. The fourth-order valence-corrected chi connectivity index (χ4v) is 2.25. The number of pyridine rings is 1. The summed E-state index contributed by atoms with van der Waals surface area (Å²) >= 11 is 0. The van der Waals surface area contributed by atoms with Gasteiger partial charge in [0.25, 0.3) is 0 Å². The quantitative estimate of drug-likeness (QED) is 0.787. The van der Waals surface area contributed by atoms with Crippen LogP contribution in [0.5, 0.6) is 0 Å². The van der Waals surface area contributed by atoms with E-state index in [2.05, 4.69) is 15.0 Å². The summed E-state index contributed by atoms with van der Waals surface area (Å²) in [5.41, 5.74) is 0. The number of anilines is 1. The van der Waals surface area contributed by atoms with Gasteiger partial charge < -0.3 is 5.32 Å². The standard InChI is InChI=1S/C10H17N3O2S/c1-3-6-11-10-8-9(5-7-12-10)16(14,15)13-4-2/h5,7-8,13H,3-4,6H2,1-2H3,(H,11,12). The van der Waals surface area contributed by atoms with Gasteiger partial charge in [-0.05, 0) is 12.5 Å². The first kappa shape index (κ1) is 12.9. The molecule has 0 amide bonds. The average molecular weight is 243 g/mol. The fraction of sp³-hybridized carbons (Fsp3) is 0.500. The topological polar surface area (TPSA) is 71.1 Å². The van der Waals surface area contributed by atoms with Crippen molar-refractivity contribution in [1.82, 2.24) is 9.71 Å². The molecule has 0 aromatic carbocycles. The first-order valence-corrected chi connectivity index (χ1v) is 6.78. The molecule has 0 fully saturated rings. The first-order valence-electron chi connectivity index (χ1n) is 5.29. The molecule has 1 rings (SSSR count). The number of hydrogen-bond acceptors (Lipinski definition) is 4. The Kier molecular flexibility index (Phi) is 4.70. The van der Waals surface area contributed by atoms with Gasteiger partial charge in [-0.3, -0.25) is 0 Å². The van der Waals surface area contributed by atoms with Gasteiger partial charge >= 0.3 is 0 Å². The van der Waals surface area contributed by atoms with Gasteiger partial charge in [-0.15, -0.1) is 0 Å². The Morgan fingerprint density at radius 2 is 2.12 bits per heavy atom. The zero-order chi connectivity index (χ0) is 12.0. The minimum Gasteiger partial charge on any atom is -0.370 e. The molecule has 6 heteroatoms. The molecule has 1 heterocycles. The van der Waals surface area contributed by atoms with Crippen LogP contribution >= 0.6 is 0 Å². The maximum Gasteiger partial charge on any atom is 0.240 e. The third-order valence-corrected chi connectivity index (χ3v) is 3.48. The molecule has 0 saturated carbocycles. The lowest BCUT2D eigenvalue weighted by molar-refractivity contribution is 0.584. The van der Waals surface area contributed by atoms with E-state index in [1.807, 2.05) is 6.92 Å². The van der Waals surface area contributed by atoms with Crippen LogP contribution in [0, 0.1) is 0 Å². The van der Waals surface area contributed by atoms with Crippen molar-refractivity contribution in [3.63, 3.8) is 0 Å². The first-order chi connectivity index (χ1) is 7.60. The van der Waals surface area contributed by atoms with E-state index < -0.39 is 10.0 Å². The van der Waals surface area contributed by atoms with E-state index in [1.54, 1.807) is 6.92 Å². The highest BCUT2D eigenvalue weighted by Gasteiger charge is 2.12. The van der Waals surface area contributed by atoms with Gasteiger partial charge in [0, 0.05) is 25.4 Å². The molecule has 2 N–H and O–H groups in total. The molecule has 1 aromatic rings. The van der Waals surface area contributed by atoms with Crippen LogP contribution in [0.25, 0.3) is 0 Å². The summed E-state index contributed by atoms with van der Waals surface area (Å²) in [6, 6.07) is 3.02. The third kappa shape index (κ3) is 3.46. The molecule has 0 radical (unpaired) electrons. The maximum absolute atomic E-state index is 11.7. The lowest BCUT2D eigenvalue weighted by Gasteiger charge is -2.07. The van der Waals surface area contributed by atoms with Crippen LogP contribution in [0.4, 0.5) is 5.82 Å². The number of rotatable bonds is 6. The summed E-state index contributed by atoms with van der Waals surface area (Å²) in [4.78, 5) is 4.29. The highest BCUT2D eigenvalue weighted by molar-refractivity contribution is 7.89. The summed E-state index contributed by atoms with van der Waals surface area (Å²) in [5, 5.41) is 3.05. The molecule has 0 aliphatic rings. The van der Waals surface area contributed by atoms with E-state index in [-0.39, 0.29) is 4.90 Å². The van der Waals surface area contributed by atoms with Crippen LogP contribution in [-0.4, -0.2) is 26.5 Å². The summed E-state index contributed by atoms with van der Waals surface area (Å²) in [5.74, 6) is 0.584. The number of nitrogens with zero attached hydrogens (tertiary/aromatic N) is 1. The molecule has 0 unspecified atom stereocenters. The van der Waals surface area contributed by atoms with Crippen molar-refractivity contribution in [2.45, 2.75) is 25.2 Å². The van der Waals surface area contributed by atoms with Crippen molar-refractivity contribution < 1.29 is 8.42 Å². The van der Waals surface area contributed by atoms with Crippen molar-refractivity contribution in [3.8, 4) is 0 Å². The second-order valence-electron chi connectivity index (χ2n) is 3.30. The Morgan fingerprint density at radius 1 is 1.38 bits per heavy atom. The van der Waals surface area contributed by atoms with Crippen molar-refractivity contribution in [2.24, 2.45) is 0 Å². The summed E-state index contributed by atoms with van der Waals surface area (Å²) in [6.45, 7) is 4.93.